The Labute approximate surface area is 185 Å². The zero-order valence-corrected chi connectivity index (χ0v) is 17.7. The number of hydrogen-bond acceptors (Lipinski definition) is 4. The van der Waals surface area contributed by atoms with E-state index < -0.39 is 18.1 Å². The van der Waals surface area contributed by atoms with Crippen molar-refractivity contribution in [3.8, 4) is 11.1 Å². The highest BCUT2D eigenvalue weighted by Crippen LogP contribution is 2.44. The van der Waals surface area contributed by atoms with Crippen LogP contribution in [0.1, 0.15) is 23.5 Å². The van der Waals surface area contributed by atoms with Crippen LogP contribution in [0.5, 0.6) is 0 Å². The fourth-order valence-corrected chi connectivity index (χ4v) is 4.83. The second-order valence-corrected chi connectivity index (χ2v) is 8.48. The molecule has 1 aliphatic rings. The van der Waals surface area contributed by atoms with Crippen LogP contribution < -0.4 is 5.32 Å². The number of carbonyl (C=O) groups excluding carboxylic acids is 1. The molecule has 0 heterocycles. The Morgan fingerprint density at radius 1 is 0.903 bits per heavy atom. The molecule has 0 saturated heterocycles. The van der Waals surface area contributed by atoms with E-state index in [0.29, 0.717) is 5.75 Å². The van der Waals surface area contributed by atoms with Crippen LogP contribution in [0.25, 0.3) is 11.1 Å². The molecule has 1 unspecified atom stereocenters. The number of amides is 1. The summed E-state index contributed by atoms with van der Waals surface area (Å²) < 4.78 is 5.55. The average molecular weight is 434 g/mol. The quantitative estimate of drug-likeness (QED) is 0.480. The molecule has 0 aromatic heterocycles. The van der Waals surface area contributed by atoms with Gasteiger partial charge < -0.3 is 15.2 Å². The molecule has 0 saturated carbocycles. The monoisotopic (exact) mass is 433 g/mol. The molecule has 5 nitrogen and oxygen atoms in total. The number of alkyl carbamates (subject to hydrolysis) is 1. The third kappa shape index (κ3) is 5.09. The number of benzene rings is 3. The number of fused-ring (bicyclic) bond motifs is 3. The summed E-state index contributed by atoms with van der Waals surface area (Å²) in [4.78, 5) is 24.8. The Kier molecular flexibility index (Phi) is 6.57. The Hall–Kier alpha value is -3.25. The van der Waals surface area contributed by atoms with E-state index in [1.807, 2.05) is 54.6 Å². The third-order valence-corrected chi connectivity index (χ3v) is 6.46. The fourth-order valence-electron chi connectivity index (χ4n) is 3.88. The standard InChI is InChI=1S/C25H23NO4S/c27-24(28)14-17(16-31-18-8-2-1-3-9-18)26-25(29)30-15-23-21-12-6-4-10-19(21)20-11-5-7-13-22(20)23/h1-13,17,23H,14-16H2,(H,26,29)(H,27,28). The van der Waals surface area contributed by atoms with Crippen LogP contribution in [-0.2, 0) is 9.53 Å². The van der Waals surface area contributed by atoms with Crippen LogP contribution in [0, 0.1) is 0 Å². The normalized spacial score (nSPS) is 13.2. The van der Waals surface area contributed by atoms with E-state index in [9.17, 15) is 14.7 Å². The first-order valence-electron chi connectivity index (χ1n) is 10.1. The molecule has 4 rings (SSSR count). The lowest BCUT2D eigenvalue weighted by Crippen LogP contribution is -2.39. The zero-order valence-electron chi connectivity index (χ0n) is 16.9. The number of carbonyl (C=O) groups is 2. The maximum Gasteiger partial charge on any atom is 0.407 e. The van der Waals surface area contributed by atoms with Gasteiger partial charge in [0.2, 0.25) is 0 Å². The number of ether oxygens (including phenoxy) is 1. The Balaban J connectivity index is 1.38. The van der Waals surface area contributed by atoms with Crippen molar-refractivity contribution >= 4 is 23.8 Å². The molecule has 3 aromatic rings. The molecule has 0 radical (unpaired) electrons. The summed E-state index contributed by atoms with van der Waals surface area (Å²) >= 11 is 1.50. The summed E-state index contributed by atoms with van der Waals surface area (Å²) in [5.74, 6) is -0.548. The Morgan fingerprint density at radius 3 is 2.10 bits per heavy atom. The Morgan fingerprint density at radius 2 is 1.48 bits per heavy atom. The lowest BCUT2D eigenvalue weighted by molar-refractivity contribution is -0.137. The number of carboxylic acid groups (broad SMARTS) is 1. The predicted octanol–water partition coefficient (Wildman–Crippen LogP) is 5.16. The van der Waals surface area contributed by atoms with E-state index >= 15 is 0 Å². The molecular formula is C25H23NO4S. The third-order valence-electron chi connectivity index (χ3n) is 5.28. The van der Waals surface area contributed by atoms with Gasteiger partial charge in [0.25, 0.3) is 0 Å². The highest BCUT2D eigenvalue weighted by molar-refractivity contribution is 7.99. The summed E-state index contributed by atoms with van der Waals surface area (Å²) in [6, 6.07) is 25.4. The van der Waals surface area contributed by atoms with E-state index in [1.165, 1.54) is 11.8 Å². The van der Waals surface area contributed by atoms with Crippen molar-refractivity contribution in [3.63, 3.8) is 0 Å². The highest BCUT2D eigenvalue weighted by atomic mass is 32.2. The molecule has 1 amide bonds. The summed E-state index contributed by atoms with van der Waals surface area (Å²) in [5.41, 5.74) is 4.60. The Bertz CT molecular complexity index is 1020. The molecule has 1 aliphatic carbocycles. The molecule has 158 valence electrons. The summed E-state index contributed by atoms with van der Waals surface area (Å²) in [6.45, 7) is 0.200. The second kappa shape index (κ2) is 9.71. The molecule has 0 aliphatic heterocycles. The van der Waals surface area contributed by atoms with Crippen molar-refractivity contribution in [1.29, 1.82) is 0 Å². The average Bonchev–Trinajstić information content (AvgIpc) is 3.10. The molecule has 2 N–H and O–H groups in total. The number of nitrogens with one attached hydrogen (secondary N) is 1. The van der Waals surface area contributed by atoms with E-state index in [2.05, 4.69) is 29.6 Å². The molecule has 0 fully saturated rings. The smallest absolute Gasteiger partial charge is 0.407 e. The van der Waals surface area contributed by atoms with Gasteiger partial charge in [-0.25, -0.2) is 4.79 Å². The molecule has 0 spiro atoms. The number of rotatable bonds is 8. The van der Waals surface area contributed by atoms with Crippen molar-refractivity contribution in [2.45, 2.75) is 23.3 Å². The number of thioether (sulfide) groups is 1. The van der Waals surface area contributed by atoms with Crippen LogP contribution in [0.4, 0.5) is 4.79 Å². The van der Waals surface area contributed by atoms with Gasteiger partial charge in [-0.15, -0.1) is 11.8 Å². The zero-order chi connectivity index (χ0) is 21.6. The number of hydrogen-bond donors (Lipinski definition) is 2. The van der Waals surface area contributed by atoms with Gasteiger partial charge in [0.15, 0.2) is 0 Å². The summed E-state index contributed by atoms with van der Waals surface area (Å²) in [6.07, 6.45) is -0.758. The van der Waals surface area contributed by atoms with Gasteiger partial charge in [0.05, 0.1) is 12.5 Å². The maximum absolute atomic E-state index is 12.5. The fraction of sp³-hybridized carbons (Fsp3) is 0.200. The summed E-state index contributed by atoms with van der Waals surface area (Å²) in [5, 5.41) is 11.9. The van der Waals surface area contributed by atoms with E-state index in [-0.39, 0.29) is 18.9 Å². The van der Waals surface area contributed by atoms with E-state index in [4.69, 9.17) is 4.74 Å². The van der Waals surface area contributed by atoms with E-state index in [1.54, 1.807) is 0 Å². The molecule has 0 bridgehead atoms. The van der Waals surface area contributed by atoms with Crippen LogP contribution >= 0.6 is 11.8 Å². The van der Waals surface area contributed by atoms with Crippen LogP contribution in [-0.4, -0.2) is 35.6 Å². The van der Waals surface area contributed by atoms with Gasteiger partial charge in [0.1, 0.15) is 6.61 Å². The number of aliphatic carboxylic acids is 1. The lowest BCUT2D eigenvalue weighted by atomic mass is 9.98. The first-order chi connectivity index (χ1) is 15.1. The van der Waals surface area contributed by atoms with Crippen LogP contribution in [0.3, 0.4) is 0 Å². The minimum Gasteiger partial charge on any atom is -0.481 e. The molecule has 31 heavy (non-hydrogen) atoms. The van der Waals surface area contributed by atoms with Gasteiger partial charge in [-0.1, -0.05) is 66.7 Å². The highest BCUT2D eigenvalue weighted by Gasteiger charge is 2.29. The SMILES string of the molecule is O=C(O)CC(CSc1ccccc1)NC(=O)OCC1c2ccccc2-c2ccccc21. The van der Waals surface area contributed by atoms with Crippen molar-refractivity contribution in [1.82, 2.24) is 5.32 Å². The first-order valence-corrected chi connectivity index (χ1v) is 11.1. The summed E-state index contributed by atoms with van der Waals surface area (Å²) in [7, 11) is 0. The molecule has 3 aromatic carbocycles. The molecule has 1 atom stereocenters. The van der Waals surface area contributed by atoms with Gasteiger partial charge in [-0.2, -0.15) is 0 Å². The first kappa shape index (κ1) is 21.0. The van der Waals surface area contributed by atoms with Gasteiger partial charge in [-0.3, -0.25) is 4.79 Å². The largest absolute Gasteiger partial charge is 0.481 e. The minimum absolute atomic E-state index is 0.0326. The van der Waals surface area contributed by atoms with Gasteiger partial charge in [-0.05, 0) is 34.4 Å². The number of carboxylic acids is 1. The van der Waals surface area contributed by atoms with Crippen molar-refractivity contribution < 1.29 is 19.4 Å². The molecule has 6 heteroatoms. The van der Waals surface area contributed by atoms with Crippen molar-refractivity contribution in [2.75, 3.05) is 12.4 Å². The van der Waals surface area contributed by atoms with Crippen LogP contribution in [0.15, 0.2) is 83.8 Å². The second-order valence-electron chi connectivity index (χ2n) is 7.39. The van der Waals surface area contributed by atoms with E-state index in [0.717, 1.165) is 27.1 Å². The minimum atomic E-state index is -0.961. The topological polar surface area (TPSA) is 75.6 Å². The lowest BCUT2D eigenvalue weighted by Gasteiger charge is -2.18. The van der Waals surface area contributed by atoms with Gasteiger partial charge >= 0.3 is 12.1 Å². The maximum atomic E-state index is 12.5. The van der Waals surface area contributed by atoms with Crippen molar-refractivity contribution in [2.24, 2.45) is 0 Å². The predicted molar refractivity (Wildman–Crippen MR) is 121 cm³/mol. The van der Waals surface area contributed by atoms with Crippen molar-refractivity contribution in [3.05, 3.63) is 90.0 Å². The van der Waals surface area contributed by atoms with Gasteiger partial charge in [0, 0.05) is 16.6 Å². The van der Waals surface area contributed by atoms with Crippen LogP contribution in [0.2, 0.25) is 0 Å². The molecular weight excluding hydrogens is 410 g/mol.